The Labute approximate surface area is 59.5 Å². The first kappa shape index (κ1) is 9.26. The topological polar surface area (TPSA) is 88.2 Å². The average Bonchev–Trinajstić information content (AvgIpc) is 1.89. The minimum atomic E-state index is -0.885. The fourth-order valence-corrected chi connectivity index (χ4v) is 0.541. The standard InChI is InChI=1S/C6H12N2O2/c7-3-1-6(10)5(8)2-4-9/h3,6-10H,1-2,4H2. The lowest BCUT2D eigenvalue weighted by molar-refractivity contribution is 0.240. The van der Waals surface area contributed by atoms with Gasteiger partial charge in [0.1, 0.15) is 0 Å². The first-order chi connectivity index (χ1) is 4.72. The van der Waals surface area contributed by atoms with Crippen molar-refractivity contribution in [1.82, 2.24) is 0 Å². The maximum absolute atomic E-state index is 8.96. The molecule has 4 nitrogen and oxygen atoms in total. The summed E-state index contributed by atoms with van der Waals surface area (Å²) in [7, 11) is 0. The molecule has 58 valence electrons. The van der Waals surface area contributed by atoms with E-state index < -0.39 is 6.10 Å². The molecule has 1 atom stereocenters. The van der Waals surface area contributed by atoms with E-state index in [2.05, 4.69) is 0 Å². The van der Waals surface area contributed by atoms with Gasteiger partial charge in [0.25, 0.3) is 0 Å². The molecule has 0 rings (SSSR count). The zero-order chi connectivity index (χ0) is 7.98. The molecule has 0 aliphatic carbocycles. The van der Waals surface area contributed by atoms with Gasteiger partial charge in [0, 0.05) is 25.2 Å². The number of hydrogen-bond donors (Lipinski definition) is 4. The molecule has 10 heavy (non-hydrogen) atoms. The lowest BCUT2D eigenvalue weighted by Crippen LogP contribution is -2.20. The first-order valence-corrected chi connectivity index (χ1v) is 3.07. The van der Waals surface area contributed by atoms with Gasteiger partial charge in [-0.25, -0.2) is 0 Å². The molecule has 0 fully saturated rings. The van der Waals surface area contributed by atoms with Gasteiger partial charge in [0.2, 0.25) is 0 Å². The van der Waals surface area contributed by atoms with Crippen LogP contribution in [0.3, 0.4) is 0 Å². The van der Waals surface area contributed by atoms with Gasteiger partial charge in [-0.15, -0.1) is 0 Å². The molecule has 0 saturated heterocycles. The van der Waals surface area contributed by atoms with Gasteiger partial charge in [-0.3, -0.25) is 0 Å². The second kappa shape index (κ2) is 5.08. The van der Waals surface area contributed by atoms with Crippen molar-refractivity contribution in [2.45, 2.75) is 18.9 Å². The number of aliphatic hydroxyl groups excluding tert-OH is 2. The van der Waals surface area contributed by atoms with Crippen LogP contribution in [0.15, 0.2) is 0 Å². The molecular formula is C6H12N2O2. The van der Waals surface area contributed by atoms with Crippen molar-refractivity contribution in [2.75, 3.05) is 6.61 Å². The Morgan fingerprint density at radius 2 is 2.20 bits per heavy atom. The molecule has 0 radical (unpaired) electrons. The Bertz CT molecular complexity index is 125. The van der Waals surface area contributed by atoms with E-state index in [9.17, 15) is 0 Å². The maximum Gasteiger partial charge on any atom is 0.0963 e. The molecule has 0 saturated carbocycles. The second-order valence-corrected chi connectivity index (χ2v) is 1.95. The summed E-state index contributed by atoms with van der Waals surface area (Å²) in [6.45, 7) is -0.117. The largest absolute Gasteiger partial charge is 0.396 e. The average molecular weight is 144 g/mol. The van der Waals surface area contributed by atoms with Crippen molar-refractivity contribution in [3.63, 3.8) is 0 Å². The second-order valence-electron chi connectivity index (χ2n) is 1.95. The van der Waals surface area contributed by atoms with E-state index in [4.69, 9.17) is 21.0 Å². The van der Waals surface area contributed by atoms with Crippen LogP contribution in [0.25, 0.3) is 0 Å². The first-order valence-electron chi connectivity index (χ1n) is 3.07. The van der Waals surface area contributed by atoms with Crippen LogP contribution in [0.4, 0.5) is 0 Å². The number of aliphatic hydroxyl groups is 2. The highest BCUT2D eigenvalue weighted by Crippen LogP contribution is 1.94. The fourth-order valence-electron chi connectivity index (χ4n) is 0.541. The molecule has 0 aliphatic heterocycles. The third kappa shape index (κ3) is 3.32. The minimum absolute atomic E-state index is 0.0889. The van der Waals surface area contributed by atoms with Gasteiger partial charge in [-0.05, 0) is 6.21 Å². The molecule has 0 heterocycles. The summed E-state index contributed by atoms with van der Waals surface area (Å²) in [6, 6.07) is 0. The third-order valence-electron chi connectivity index (χ3n) is 1.12. The van der Waals surface area contributed by atoms with Crippen LogP contribution in [0.2, 0.25) is 0 Å². The molecule has 0 spiro atoms. The van der Waals surface area contributed by atoms with Crippen molar-refractivity contribution in [2.24, 2.45) is 0 Å². The van der Waals surface area contributed by atoms with E-state index in [1.54, 1.807) is 0 Å². The third-order valence-corrected chi connectivity index (χ3v) is 1.12. The lowest BCUT2D eigenvalue weighted by atomic mass is 10.1. The lowest BCUT2D eigenvalue weighted by Gasteiger charge is -2.06. The van der Waals surface area contributed by atoms with E-state index in [0.29, 0.717) is 0 Å². The summed E-state index contributed by atoms with van der Waals surface area (Å²) in [5.41, 5.74) is 0.0889. The van der Waals surface area contributed by atoms with E-state index in [-0.39, 0.29) is 25.2 Å². The van der Waals surface area contributed by atoms with E-state index >= 15 is 0 Å². The molecule has 0 aromatic heterocycles. The molecule has 0 aromatic carbocycles. The Morgan fingerprint density at radius 3 is 2.60 bits per heavy atom. The van der Waals surface area contributed by atoms with Gasteiger partial charge < -0.3 is 21.0 Å². The Hall–Kier alpha value is -0.740. The Balaban J connectivity index is 3.58. The summed E-state index contributed by atoms with van der Waals surface area (Å²) in [5, 5.41) is 31.0. The smallest absolute Gasteiger partial charge is 0.0963 e. The maximum atomic E-state index is 8.96. The van der Waals surface area contributed by atoms with Crippen molar-refractivity contribution in [3.05, 3.63) is 0 Å². The van der Waals surface area contributed by atoms with Crippen molar-refractivity contribution >= 4 is 11.9 Å². The van der Waals surface area contributed by atoms with Crippen molar-refractivity contribution in [3.8, 4) is 0 Å². The monoisotopic (exact) mass is 144 g/mol. The Morgan fingerprint density at radius 1 is 1.60 bits per heavy atom. The van der Waals surface area contributed by atoms with E-state index in [1.165, 1.54) is 0 Å². The summed E-state index contributed by atoms with van der Waals surface area (Å²) >= 11 is 0. The number of rotatable bonds is 5. The zero-order valence-electron chi connectivity index (χ0n) is 5.67. The molecule has 0 aliphatic rings. The highest BCUT2D eigenvalue weighted by Gasteiger charge is 2.07. The van der Waals surface area contributed by atoms with Gasteiger partial charge in [0.15, 0.2) is 0 Å². The van der Waals surface area contributed by atoms with Crippen LogP contribution >= 0.6 is 0 Å². The van der Waals surface area contributed by atoms with Crippen LogP contribution in [-0.2, 0) is 0 Å². The quantitative estimate of drug-likeness (QED) is 0.402. The summed E-state index contributed by atoms with van der Waals surface area (Å²) in [4.78, 5) is 0. The normalized spacial score (nSPS) is 12.6. The molecule has 1 unspecified atom stereocenters. The number of nitrogens with one attached hydrogen (secondary N) is 2. The Kier molecular flexibility index (Phi) is 4.70. The summed E-state index contributed by atoms with van der Waals surface area (Å²) in [5.74, 6) is 0. The van der Waals surface area contributed by atoms with E-state index in [0.717, 1.165) is 6.21 Å². The predicted octanol–water partition coefficient (Wildman–Crippen LogP) is -0.211. The highest BCUT2D eigenvalue weighted by molar-refractivity contribution is 5.87. The SMILES string of the molecule is N=CCC(O)C(=N)CCO. The van der Waals surface area contributed by atoms with Gasteiger partial charge in [-0.2, -0.15) is 0 Å². The van der Waals surface area contributed by atoms with Crippen LogP contribution in [-0.4, -0.2) is 34.9 Å². The fraction of sp³-hybridized carbons (Fsp3) is 0.667. The molecule has 0 aromatic rings. The highest BCUT2D eigenvalue weighted by atomic mass is 16.3. The molecular weight excluding hydrogens is 132 g/mol. The van der Waals surface area contributed by atoms with Crippen LogP contribution in [0, 0.1) is 10.8 Å². The molecule has 0 bridgehead atoms. The van der Waals surface area contributed by atoms with Gasteiger partial charge >= 0.3 is 0 Å². The predicted molar refractivity (Wildman–Crippen MR) is 38.8 cm³/mol. The van der Waals surface area contributed by atoms with Crippen molar-refractivity contribution in [1.29, 1.82) is 10.8 Å². The molecule has 0 amide bonds. The minimum Gasteiger partial charge on any atom is -0.396 e. The summed E-state index contributed by atoms with van der Waals surface area (Å²) < 4.78 is 0. The zero-order valence-corrected chi connectivity index (χ0v) is 5.67. The van der Waals surface area contributed by atoms with Crippen LogP contribution in [0.5, 0.6) is 0 Å². The van der Waals surface area contributed by atoms with Crippen LogP contribution < -0.4 is 0 Å². The summed E-state index contributed by atoms with van der Waals surface area (Å²) in [6.07, 6.45) is 0.523. The number of hydrogen-bond acceptors (Lipinski definition) is 4. The van der Waals surface area contributed by atoms with Crippen LogP contribution in [0.1, 0.15) is 12.8 Å². The van der Waals surface area contributed by atoms with E-state index in [1.807, 2.05) is 0 Å². The van der Waals surface area contributed by atoms with Gasteiger partial charge in [-0.1, -0.05) is 0 Å². The van der Waals surface area contributed by atoms with Crippen molar-refractivity contribution < 1.29 is 10.2 Å². The van der Waals surface area contributed by atoms with Gasteiger partial charge in [0.05, 0.1) is 6.10 Å². The molecule has 4 N–H and O–H groups in total. The molecule has 4 heteroatoms.